The van der Waals surface area contributed by atoms with Gasteiger partial charge in [0.25, 0.3) is 0 Å². The van der Waals surface area contributed by atoms with Crippen molar-refractivity contribution in [3.05, 3.63) is 59.1 Å². The Balaban J connectivity index is 0.000000569. The second-order valence-electron chi connectivity index (χ2n) is 7.06. The summed E-state index contributed by atoms with van der Waals surface area (Å²) >= 11 is 5.96. The lowest BCUT2D eigenvalue weighted by Crippen LogP contribution is -2.44. The molecule has 1 aliphatic heterocycles. The average Bonchev–Trinajstić information content (AvgIpc) is 2.81. The molecule has 0 saturated carbocycles. The van der Waals surface area contributed by atoms with E-state index in [4.69, 9.17) is 50.4 Å². The molecule has 0 spiro atoms. The zero-order chi connectivity index (χ0) is 24.1. The Kier molecular flexibility index (Phi) is 11.5. The third kappa shape index (κ3) is 10.1. The molecule has 2 N–H and O–H groups in total. The van der Waals surface area contributed by atoms with E-state index in [9.17, 15) is 0 Å². The predicted octanol–water partition coefficient (Wildman–Crippen LogP) is 2.80. The van der Waals surface area contributed by atoms with Gasteiger partial charge in [-0.1, -0.05) is 35.9 Å². The summed E-state index contributed by atoms with van der Waals surface area (Å²) in [6.07, 6.45) is 0.0260. The van der Waals surface area contributed by atoms with Crippen LogP contribution in [0.5, 0.6) is 11.5 Å². The van der Waals surface area contributed by atoms with Crippen LogP contribution in [0.25, 0.3) is 0 Å². The zero-order valence-electron chi connectivity index (χ0n) is 18.3. The number of hydrogen-bond acceptors (Lipinski definition) is 7. The minimum Gasteiger partial charge on any atom is -0.487 e. The van der Waals surface area contributed by atoms with Gasteiger partial charge < -0.3 is 29.2 Å². The number of methoxy groups -OCH3 is 1. The van der Waals surface area contributed by atoms with Crippen LogP contribution in [0, 0.1) is 0 Å². The summed E-state index contributed by atoms with van der Waals surface area (Å²) in [6, 6.07) is 15.7. The molecule has 0 bridgehead atoms. The molecular weight excluding hydrogens is 454 g/mol. The number of carboxylic acids is 2. The lowest BCUT2D eigenvalue weighted by atomic mass is 10.2. The number of rotatable bonds is 9. The molecule has 3 rings (SSSR count). The number of ether oxygens (including phenoxy) is 4. The molecule has 1 aliphatic rings. The highest BCUT2D eigenvalue weighted by Crippen LogP contribution is 2.27. The first-order chi connectivity index (χ1) is 15.9. The van der Waals surface area contributed by atoms with Crippen LogP contribution < -0.4 is 9.47 Å². The van der Waals surface area contributed by atoms with Crippen molar-refractivity contribution in [2.24, 2.45) is 0 Å². The number of carbonyl (C=O) groups is 2. The highest BCUT2D eigenvalue weighted by atomic mass is 35.5. The maximum atomic E-state index is 9.10. The maximum absolute atomic E-state index is 9.10. The van der Waals surface area contributed by atoms with E-state index in [1.54, 1.807) is 7.11 Å². The molecule has 1 unspecified atom stereocenters. The number of nitrogens with zero attached hydrogens (tertiary/aromatic N) is 1. The second kappa shape index (κ2) is 14.3. The van der Waals surface area contributed by atoms with E-state index >= 15 is 0 Å². The summed E-state index contributed by atoms with van der Waals surface area (Å²) in [5.74, 6) is -2.19. The van der Waals surface area contributed by atoms with E-state index in [0.29, 0.717) is 26.4 Å². The Labute approximate surface area is 197 Å². The maximum Gasteiger partial charge on any atom is 0.414 e. The van der Waals surface area contributed by atoms with Crippen molar-refractivity contribution >= 4 is 23.5 Å². The molecule has 1 saturated heterocycles. The van der Waals surface area contributed by atoms with E-state index in [1.807, 2.05) is 36.4 Å². The number of hydrogen-bond donors (Lipinski definition) is 2. The summed E-state index contributed by atoms with van der Waals surface area (Å²) < 4.78 is 22.6. The Hall–Kier alpha value is -2.85. The van der Waals surface area contributed by atoms with Gasteiger partial charge in [0.2, 0.25) is 0 Å². The quantitative estimate of drug-likeness (QED) is 0.412. The molecule has 2 aromatic carbocycles. The van der Waals surface area contributed by atoms with Crippen molar-refractivity contribution in [3.8, 4) is 11.5 Å². The number of carboxylic acid groups (broad SMARTS) is 2. The summed E-state index contributed by atoms with van der Waals surface area (Å²) in [6.45, 7) is 4.85. The predicted molar refractivity (Wildman–Crippen MR) is 121 cm³/mol. The SMILES string of the molecule is COCCOc1ccccc1OCC1CN(Cc2ccc(Cl)cc2)CCO1.O=C(O)C(=O)O. The van der Waals surface area contributed by atoms with E-state index < -0.39 is 11.9 Å². The van der Waals surface area contributed by atoms with Crippen molar-refractivity contribution in [2.45, 2.75) is 12.6 Å². The van der Waals surface area contributed by atoms with Crippen LogP contribution in [-0.2, 0) is 25.6 Å². The fourth-order valence-corrected chi connectivity index (χ4v) is 3.11. The van der Waals surface area contributed by atoms with Gasteiger partial charge in [0.1, 0.15) is 19.3 Å². The number of benzene rings is 2. The topological polar surface area (TPSA) is 115 Å². The van der Waals surface area contributed by atoms with E-state index in [0.717, 1.165) is 36.2 Å². The van der Waals surface area contributed by atoms with Gasteiger partial charge in [-0.25, -0.2) is 9.59 Å². The standard InChI is InChI=1S/C21H26ClNO4.C2H2O4/c1-24-12-13-26-20-4-2-3-5-21(20)27-16-19-15-23(10-11-25-19)14-17-6-8-18(22)9-7-17;3-1(4)2(5)6/h2-9,19H,10-16H2,1H3;(H,3,4)(H,5,6). The molecule has 33 heavy (non-hydrogen) atoms. The molecule has 9 nitrogen and oxygen atoms in total. The zero-order valence-corrected chi connectivity index (χ0v) is 19.1. The average molecular weight is 482 g/mol. The molecule has 0 radical (unpaired) electrons. The molecular formula is C23H28ClNO8. The smallest absolute Gasteiger partial charge is 0.414 e. The van der Waals surface area contributed by atoms with Gasteiger partial charge in [-0.3, -0.25) is 4.90 Å². The summed E-state index contributed by atoms with van der Waals surface area (Å²) in [4.78, 5) is 20.6. The van der Waals surface area contributed by atoms with Crippen molar-refractivity contribution < 1.29 is 38.7 Å². The Morgan fingerprint density at radius 3 is 2.27 bits per heavy atom. The second-order valence-corrected chi connectivity index (χ2v) is 7.50. The summed E-state index contributed by atoms with van der Waals surface area (Å²) in [5, 5.41) is 15.5. The van der Waals surface area contributed by atoms with Gasteiger partial charge >= 0.3 is 11.9 Å². The van der Waals surface area contributed by atoms with Gasteiger partial charge in [-0.05, 0) is 29.8 Å². The van der Waals surface area contributed by atoms with Crippen LogP contribution in [0.1, 0.15) is 5.56 Å². The minimum absolute atomic E-state index is 0.0260. The van der Waals surface area contributed by atoms with E-state index in [2.05, 4.69) is 17.0 Å². The number of aliphatic carboxylic acids is 2. The molecule has 0 aliphatic carbocycles. The molecule has 0 aromatic heterocycles. The first kappa shape index (κ1) is 26.4. The number of para-hydroxylation sites is 2. The Bertz CT molecular complexity index is 865. The normalized spacial score (nSPS) is 15.8. The van der Waals surface area contributed by atoms with Crippen molar-refractivity contribution in [2.75, 3.05) is 46.6 Å². The Morgan fingerprint density at radius 2 is 1.67 bits per heavy atom. The third-order valence-electron chi connectivity index (χ3n) is 4.54. The van der Waals surface area contributed by atoms with Crippen molar-refractivity contribution in [1.29, 1.82) is 0 Å². The van der Waals surface area contributed by atoms with Gasteiger partial charge in [0, 0.05) is 31.8 Å². The fraction of sp³-hybridized carbons (Fsp3) is 0.391. The largest absolute Gasteiger partial charge is 0.487 e. The minimum atomic E-state index is -1.82. The molecule has 1 atom stereocenters. The molecule has 2 aromatic rings. The lowest BCUT2D eigenvalue weighted by Gasteiger charge is -2.32. The van der Waals surface area contributed by atoms with Crippen LogP contribution >= 0.6 is 11.6 Å². The first-order valence-electron chi connectivity index (χ1n) is 10.3. The molecule has 0 amide bonds. The highest BCUT2D eigenvalue weighted by molar-refractivity contribution is 6.30. The lowest BCUT2D eigenvalue weighted by molar-refractivity contribution is -0.159. The molecule has 180 valence electrons. The van der Waals surface area contributed by atoms with Gasteiger partial charge in [-0.15, -0.1) is 0 Å². The first-order valence-corrected chi connectivity index (χ1v) is 10.6. The van der Waals surface area contributed by atoms with E-state index in [-0.39, 0.29) is 6.10 Å². The van der Waals surface area contributed by atoms with Crippen molar-refractivity contribution in [3.63, 3.8) is 0 Å². The van der Waals surface area contributed by atoms with Crippen molar-refractivity contribution in [1.82, 2.24) is 4.90 Å². The monoisotopic (exact) mass is 481 g/mol. The van der Waals surface area contributed by atoms with Gasteiger partial charge in [0.15, 0.2) is 11.5 Å². The molecule has 1 heterocycles. The van der Waals surface area contributed by atoms with Crippen LogP contribution in [0.3, 0.4) is 0 Å². The number of halogens is 1. The van der Waals surface area contributed by atoms with Crippen LogP contribution in [0.2, 0.25) is 5.02 Å². The summed E-state index contributed by atoms with van der Waals surface area (Å²) in [5.41, 5.74) is 1.25. The third-order valence-corrected chi connectivity index (χ3v) is 4.80. The van der Waals surface area contributed by atoms with E-state index in [1.165, 1.54) is 5.56 Å². The molecule has 1 fully saturated rings. The molecule has 10 heteroatoms. The Morgan fingerprint density at radius 1 is 1.03 bits per heavy atom. The fourth-order valence-electron chi connectivity index (χ4n) is 2.98. The summed E-state index contributed by atoms with van der Waals surface area (Å²) in [7, 11) is 1.65. The highest BCUT2D eigenvalue weighted by Gasteiger charge is 2.21. The van der Waals surface area contributed by atoms with Crippen LogP contribution in [-0.4, -0.2) is 79.8 Å². The number of morpholine rings is 1. The van der Waals surface area contributed by atoms with Crippen LogP contribution in [0.15, 0.2) is 48.5 Å². The van der Waals surface area contributed by atoms with Gasteiger partial charge in [-0.2, -0.15) is 0 Å². The van der Waals surface area contributed by atoms with Crippen LogP contribution in [0.4, 0.5) is 0 Å². The van der Waals surface area contributed by atoms with Gasteiger partial charge in [0.05, 0.1) is 13.2 Å².